The standard InChI is InChI=1S/C17H23NO4/c1-20-15-7-6-11-10-14-12(9-13(11)16(15)21-2)5-4-8-18(14)17(19)22-3/h6-7,12,14H,4-5,8-10H2,1-3H3. The zero-order valence-corrected chi connectivity index (χ0v) is 13.4. The Morgan fingerprint density at radius 2 is 2.00 bits per heavy atom. The van der Waals surface area contributed by atoms with Crippen LogP contribution in [-0.4, -0.2) is 44.9 Å². The Labute approximate surface area is 131 Å². The minimum Gasteiger partial charge on any atom is -0.493 e. The van der Waals surface area contributed by atoms with Crippen LogP contribution in [0, 0.1) is 5.92 Å². The van der Waals surface area contributed by atoms with Crippen LogP contribution in [0.25, 0.3) is 0 Å². The van der Waals surface area contributed by atoms with E-state index in [1.165, 1.54) is 18.2 Å². The molecule has 1 heterocycles. The average molecular weight is 305 g/mol. The summed E-state index contributed by atoms with van der Waals surface area (Å²) in [7, 11) is 4.80. The fraction of sp³-hybridized carbons (Fsp3) is 0.588. The highest BCUT2D eigenvalue weighted by molar-refractivity contribution is 5.68. The van der Waals surface area contributed by atoms with Gasteiger partial charge in [0.1, 0.15) is 0 Å². The van der Waals surface area contributed by atoms with Crippen molar-refractivity contribution in [2.24, 2.45) is 5.92 Å². The van der Waals surface area contributed by atoms with Crippen LogP contribution in [0.4, 0.5) is 4.79 Å². The van der Waals surface area contributed by atoms with Crippen molar-refractivity contribution in [1.29, 1.82) is 0 Å². The molecule has 2 aliphatic rings. The largest absolute Gasteiger partial charge is 0.493 e. The minimum absolute atomic E-state index is 0.210. The zero-order chi connectivity index (χ0) is 15.7. The van der Waals surface area contributed by atoms with Crippen LogP contribution in [0.5, 0.6) is 11.5 Å². The molecule has 1 aliphatic carbocycles. The number of methoxy groups -OCH3 is 3. The Morgan fingerprint density at radius 3 is 2.68 bits per heavy atom. The molecule has 2 unspecified atom stereocenters. The second-order valence-corrected chi connectivity index (χ2v) is 5.98. The predicted octanol–water partition coefficient (Wildman–Crippen LogP) is 2.65. The molecule has 5 heteroatoms. The lowest BCUT2D eigenvalue weighted by molar-refractivity contribution is 0.0615. The van der Waals surface area contributed by atoms with Crippen molar-refractivity contribution in [3.8, 4) is 11.5 Å². The predicted molar refractivity (Wildman–Crippen MR) is 82.6 cm³/mol. The van der Waals surface area contributed by atoms with Gasteiger partial charge in [-0.2, -0.15) is 0 Å². The third-order valence-corrected chi connectivity index (χ3v) is 4.97. The molecule has 22 heavy (non-hydrogen) atoms. The SMILES string of the molecule is COC(=O)N1CCCC2Cc3c(ccc(OC)c3OC)CC21. The van der Waals surface area contributed by atoms with E-state index in [2.05, 4.69) is 6.07 Å². The van der Waals surface area contributed by atoms with Gasteiger partial charge in [0, 0.05) is 18.2 Å². The number of carbonyl (C=O) groups is 1. The van der Waals surface area contributed by atoms with Gasteiger partial charge in [0.05, 0.1) is 21.3 Å². The second-order valence-electron chi connectivity index (χ2n) is 5.98. The van der Waals surface area contributed by atoms with Crippen LogP contribution in [0.2, 0.25) is 0 Å². The van der Waals surface area contributed by atoms with Gasteiger partial charge >= 0.3 is 6.09 Å². The van der Waals surface area contributed by atoms with Gasteiger partial charge in [-0.15, -0.1) is 0 Å². The Kier molecular flexibility index (Phi) is 4.14. The summed E-state index contributed by atoms with van der Waals surface area (Å²) < 4.78 is 15.9. The van der Waals surface area contributed by atoms with Crippen molar-refractivity contribution in [3.63, 3.8) is 0 Å². The number of fused-ring (bicyclic) bond motifs is 2. The molecule has 1 saturated heterocycles. The molecule has 1 amide bonds. The number of hydrogen-bond donors (Lipinski definition) is 0. The van der Waals surface area contributed by atoms with Gasteiger partial charge in [-0.1, -0.05) is 6.07 Å². The van der Waals surface area contributed by atoms with E-state index in [0.29, 0.717) is 5.92 Å². The lowest BCUT2D eigenvalue weighted by Crippen LogP contribution is -2.51. The highest BCUT2D eigenvalue weighted by Gasteiger charge is 2.39. The molecule has 1 aromatic rings. The third kappa shape index (κ3) is 2.38. The number of benzene rings is 1. The van der Waals surface area contributed by atoms with Crippen molar-refractivity contribution >= 4 is 6.09 Å². The maximum Gasteiger partial charge on any atom is 0.409 e. The summed E-state index contributed by atoms with van der Waals surface area (Å²) in [6, 6.07) is 4.27. The molecule has 120 valence electrons. The summed E-state index contributed by atoms with van der Waals surface area (Å²) >= 11 is 0. The molecule has 0 spiro atoms. The fourth-order valence-corrected chi connectivity index (χ4v) is 3.93. The van der Waals surface area contributed by atoms with E-state index >= 15 is 0 Å². The first kappa shape index (κ1) is 15.0. The van der Waals surface area contributed by atoms with Crippen LogP contribution in [-0.2, 0) is 17.6 Å². The maximum absolute atomic E-state index is 12.0. The van der Waals surface area contributed by atoms with E-state index in [9.17, 15) is 4.79 Å². The van der Waals surface area contributed by atoms with Crippen molar-refractivity contribution < 1.29 is 19.0 Å². The number of likely N-dealkylation sites (tertiary alicyclic amines) is 1. The van der Waals surface area contributed by atoms with Crippen molar-refractivity contribution in [1.82, 2.24) is 4.90 Å². The van der Waals surface area contributed by atoms with Gasteiger partial charge in [0.25, 0.3) is 0 Å². The highest BCUT2D eigenvalue weighted by atomic mass is 16.5. The number of nitrogens with zero attached hydrogens (tertiary/aromatic N) is 1. The quantitative estimate of drug-likeness (QED) is 0.843. The van der Waals surface area contributed by atoms with Gasteiger partial charge in [0.2, 0.25) is 0 Å². The van der Waals surface area contributed by atoms with Crippen molar-refractivity contribution in [3.05, 3.63) is 23.3 Å². The van der Waals surface area contributed by atoms with E-state index in [1.54, 1.807) is 14.2 Å². The highest BCUT2D eigenvalue weighted by Crippen LogP contribution is 2.42. The normalized spacial score (nSPS) is 23.3. The molecule has 0 saturated carbocycles. The van der Waals surface area contributed by atoms with Gasteiger partial charge in [-0.3, -0.25) is 0 Å². The molecule has 0 radical (unpaired) electrons. The second kappa shape index (κ2) is 6.07. The lowest BCUT2D eigenvalue weighted by atomic mass is 9.75. The summed E-state index contributed by atoms with van der Waals surface area (Å²) in [4.78, 5) is 13.9. The van der Waals surface area contributed by atoms with Crippen LogP contribution in [0.3, 0.4) is 0 Å². The summed E-state index contributed by atoms with van der Waals surface area (Å²) in [6.45, 7) is 0.788. The maximum atomic E-state index is 12.0. The molecule has 2 atom stereocenters. The number of hydrogen-bond acceptors (Lipinski definition) is 4. The van der Waals surface area contributed by atoms with Gasteiger partial charge in [-0.25, -0.2) is 4.79 Å². The minimum atomic E-state index is -0.210. The number of piperidine rings is 1. The monoisotopic (exact) mass is 305 g/mol. The first-order valence-electron chi connectivity index (χ1n) is 7.77. The Bertz CT molecular complexity index is 572. The number of rotatable bonds is 2. The van der Waals surface area contributed by atoms with E-state index in [0.717, 1.165) is 43.7 Å². The molecule has 1 aliphatic heterocycles. The topological polar surface area (TPSA) is 48.0 Å². The Balaban J connectivity index is 1.95. The van der Waals surface area contributed by atoms with E-state index in [4.69, 9.17) is 14.2 Å². The molecular formula is C17H23NO4. The average Bonchev–Trinajstić information content (AvgIpc) is 2.57. The summed E-state index contributed by atoms with van der Waals surface area (Å²) in [6.07, 6.45) is 3.73. The summed E-state index contributed by atoms with van der Waals surface area (Å²) in [5.74, 6) is 2.08. The Morgan fingerprint density at radius 1 is 1.18 bits per heavy atom. The fourth-order valence-electron chi connectivity index (χ4n) is 3.93. The summed E-state index contributed by atoms with van der Waals surface area (Å²) in [5, 5.41) is 0. The van der Waals surface area contributed by atoms with E-state index in [1.807, 2.05) is 11.0 Å². The molecule has 1 aromatic carbocycles. The molecule has 1 fully saturated rings. The summed E-state index contributed by atoms with van der Waals surface area (Å²) in [5.41, 5.74) is 2.48. The van der Waals surface area contributed by atoms with E-state index < -0.39 is 0 Å². The molecule has 0 N–H and O–H groups in total. The van der Waals surface area contributed by atoms with Crippen molar-refractivity contribution in [2.45, 2.75) is 31.7 Å². The van der Waals surface area contributed by atoms with Crippen LogP contribution >= 0.6 is 0 Å². The molecular weight excluding hydrogens is 282 g/mol. The molecule has 3 rings (SSSR count). The number of amides is 1. The van der Waals surface area contributed by atoms with E-state index in [-0.39, 0.29) is 12.1 Å². The van der Waals surface area contributed by atoms with Crippen LogP contribution in [0.1, 0.15) is 24.0 Å². The van der Waals surface area contributed by atoms with Gasteiger partial charge < -0.3 is 19.1 Å². The molecule has 5 nitrogen and oxygen atoms in total. The van der Waals surface area contributed by atoms with Gasteiger partial charge in [-0.05, 0) is 43.2 Å². The zero-order valence-electron chi connectivity index (χ0n) is 13.4. The Hall–Kier alpha value is -1.91. The van der Waals surface area contributed by atoms with Crippen LogP contribution in [0.15, 0.2) is 12.1 Å². The number of ether oxygens (including phenoxy) is 3. The lowest BCUT2D eigenvalue weighted by Gasteiger charge is -2.44. The van der Waals surface area contributed by atoms with Crippen LogP contribution < -0.4 is 9.47 Å². The number of carbonyl (C=O) groups excluding carboxylic acids is 1. The third-order valence-electron chi connectivity index (χ3n) is 4.97. The molecule has 0 aromatic heterocycles. The first-order valence-corrected chi connectivity index (χ1v) is 7.77. The van der Waals surface area contributed by atoms with Crippen molar-refractivity contribution in [2.75, 3.05) is 27.9 Å². The molecule has 0 bridgehead atoms. The smallest absolute Gasteiger partial charge is 0.409 e. The first-order chi connectivity index (χ1) is 10.7. The van der Waals surface area contributed by atoms with Gasteiger partial charge in [0.15, 0.2) is 11.5 Å².